The first kappa shape index (κ1) is 24.1. The minimum absolute atomic E-state index is 0.0112. The maximum atomic E-state index is 13.0. The van der Waals surface area contributed by atoms with Crippen LogP contribution in [0.4, 0.5) is 24.8 Å². The number of amides is 1. The summed E-state index contributed by atoms with van der Waals surface area (Å²) >= 11 is 0. The third-order valence-electron chi connectivity index (χ3n) is 5.89. The molecule has 3 heterocycles. The molecule has 0 aromatic carbocycles. The van der Waals surface area contributed by atoms with Crippen molar-refractivity contribution in [3.63, 3.8) is 0 Å². The zero-order chi connectivity index (χ0) is 24.1. The fourth-order valence-electron chi connectivity index (χ4n) is 3.82. The number of piperazine rings is 1. The maximum Gasteiger partial charge on any atom is 0.420 e. The van der Waals surface area contributed by atoms with Crippen molar-refractivity contribution in [2.24, 2.45) is 0 Å². The molecule has 1 saturated carbocycles. The quantitative estimate of drug-likeness (QED) is 0.549. The van der Waals surface area contributed by atoms with Gasteiger partial charge in [0.25, 0.3) is 0 Å². The van der Waals surface area contributed by atoms with Gasteiger partial charge in [-0.05, 0) is 31.2 Å². The smallest absolute Gasteiger partial charge is 0.379 e. The van der Waals surface area contributed by atoms with Gasteiger partial charge in [0.05, 0.1) is 37.7 Å². The van der Waals surface area contributed by atoms with Gasteiger partial charge in [-0.15, -0.1) is 0 Å². The molecule has 12 heteroatoms. The lowest BCUT2D eigenvalue weighted by Crippen LogP contribution is -2.49. The van der Waals surface area contributed by atoms with E-state index < -0.39 is 17.8 Å². The van der Waals surface area contributed by atoms with Crippen LogP contribution in [0.15, 0.2) is 24.8 Å². The summed E-state index contributed by atoms with van der Waals surface area (Å²) in [5, 5.41) is 9.55. The van der Waals surface area contributed by atoms with Gasteiger partial charge in [0.2, 0.25) is 11.9 Å². The molecule has 1 saturated heterocycles. The monoisotopic (exact) mass is 479 g/mol. The summed E-state index contributed by atoms with van der Waals surface area (Å²) in [6.45, 7) is 4.53. The van der Waals surface area contributed by atoms with Gasteiger partial charge in [-0.3, -0.25) is 4.79 Å². The van der Waals surface area contributed by atoms with Crippen molar-refractivity contribution in [1.29, 1.82) is 0 Å². The van der Waals surface area contributed by atoms with Gasteiger partial charge in [-0.1, -0.05) is 0 Å². The van der Waals surface area contributed by atoms with E-state index in [1.165, 1.54) is 18.4 Å². The van der Waals surface area contributed by atoms with E-state index in [0.717, 1.165) is 6.20 Å². The summed E-state index contributed by atoms with van der Waals surface area (Å²) in [7, 11) is 0. The van der Waals surface area contributed by atoms with Crippen LogP contribution in [0, 0.1) is 0 Å². The minimum atomic E-state index is -4.53. The molecule has 2 aromatic heterocycles. The fourth-order valence-corrected chi connectivity index (χ4v) is 3.82. The van der Waals surface area contributed by atoms with Crippen LogP contribution in [0.3, 0.4) is 0 Å². The van der Waals surface area contributed by atoms with Crippen LogP contribution in [0.1, 0.15) is 43.2 Å². The van der Waals surface area contributed by atoms with Crippen molar-refractivity contribution in [2.75, 3.05) is 49.6 Å². The van der Waals surface area contributed by atoms with Gasteiger partial charge >= 0.3 is 6.18 Å². The van der Waals surface area contributed by atoms with E-state index >= 15 is 0 Å². The molecule has 1 atom stereocenters. The Hall–Kier alpha value is -3.02. The van der Waals surface area contributed by atoms with Gasteiger partial charge in [0.15, 0.2) is 0 Å². The van der Waals surface area contributed by atoms with E-state index in [-0.39, 0.29) is 31.2 Å². The number of nitrogens with zero attached hydrogens (tertiary/aromatic N) is 6. The number of hydrogen-bond acceptors (Lipinski definition) is 8. The van der Waals surface area contributed by atoms with Crippen LogP contribution in [-0.4, -0.2) is 76.4 Å². The summed E-state index contributed by atoms with van der Waals surface area (Å²) in [4.78, 5) is 25.3. The molecule has 2 aliphatic rings. The van der Waals surface area contributed by atoms with Crippen LogP contribution in [-0.2, 0) is 15.7 Å². The van der Waals surface area contributed by atoms with E-state index in [1.54, 1.807) is 11.8 Å². The van der Waals surface area contributed by atoms with Crippen LogP contribution in [0.2, 0.25) is 0 Å². The van der Waals surface area contributed by atoms with Crippen LogP contribution < -0.4 is 10.2 Å². The van der Waals surface area contributed by atoms with Gasteiger partial charge in [0, 0.05) is 44.6 Å². The SMILES string of the molecule is C[C@@H](COCCC(=O)N1CCN(c2ncc(C3CC3)cn2)CC1)Nc1cnncc1C(F)(F)F. The third kappa shape index (κ3) is 6.31. The first-order chi connectivity index (χ1) is 16.3. The molecule has 0 radical (unpaired) electrons. The van der Waals surface area contributed by atoms with E-state index in [9.17, 15) is 18.0 Å². The summed E-state index contributed by atoms with van der Waals surface area (Å²) in [6, 6.07) is -0.407. The second-order valence-corrected chi connectivity index (χ2v) is 8.64. The van der Waals surface area contributed by atoms with E-state index in [0.29, 0.717) is 44.2 Å². The van der Waals surface area contributed by atoms with Gasteiger partial charge in [0.1, 0.15) is 5.56 Å². The lowest BCUT2D eigenvalue weighted by molar-refractivity contribution is -0.137. The number of nitrogens with one attached hydrogen (secondary N) is 1. The number of carbonyl (C=O) groups excluding carboxylic acids is 1. The van der Waals surface area contributed by atoms with Crippen LogP contribution >= 0.6 is 0 Å². The topological polar surface area (TPSA) is 96.4 Å². The van der Waals surface area contributed by atoms with Crippen molar-refractivity contribution in [3.8, 4) is 0 Å². The third-order valence-corrected chi connectivity index (χ3v) is 5.89. The minimum Gasteiger partial charge on any atom is -0.379 e. The first-order valence-electron chi connectivity index (χ1n) is 11.4. The summed E-state index contributed by atoms with van der Waals surface area (Å²) in [6.07, 6.45) is 3.64. The van der Waals surface area contributed by atoms with E-state index in [2.05, 4.69) is 30.4 Å². The Morgan fingerprint density at radius 1 is 1.12 bits per heavy atom. The number of carbonyl (C=O) groups is 1. The average Bonchev–Trinajstić information content (AvgIpc) is 3.67. The number of aromatic nitrogens is 4. The predicted octanol–water partition coefficient (Wildman–Crippen LogP) is 2.72. The van der Waals surface area contributed by atoms with Gasteiger partial charge in [-0.25, -0.2) is 9.97 Å². The Morgan fingerprint density at radius 2 is 1.79 bits per heavy atom. The number of hydrogen-bond donors (Lipinski definition) is 1. The average molecular weight is 480 g/mol. The molecular formula is C22H28F3N7O2. The van der Waals surface area contributed by atoms with Crippen molar-refractivity contribution in [3.05, 3.63) is 35.9 Å². The van der Waals surface area contributed by atoms with Crippen LogP contribution in [0.5, 0.6) is 0 Å². The van der Waals surface area contributed by atoms with E-state index in [1.807, 2.05) is 12.4 Å². The van der Waals surface area contributed by atoms with Crippen LogP contribution in [0.25, 0.3) is 0 Å². The lowest BCUT2D eigenvalue weighted by atomic mass is 10.2. The second kappa shape index (κ2) is 10.5. The molecule has 0 bridgehead atoms. The molecule has 1 amide bonds. The Bertz CT molecular complexity index is 962. The second-order valence-electron chi connectivity index (χ2n) is 8.64. The largest absolute Gasteiger partial charge is 0.420 e. The number of rotatable bonds is 9. The van der Waals surface area contributed by atoms with Crippen molar-refractivity contribution < 1.29 is 22.7 Å². The molecule has 0 spiro atoms. The highest BCUT2D eigenvalue weighted by Gasteiger charge is 2.34. The van der Waals surface area contributed by atoms with Gasteiger partial charge < -0.3 is 19.9 Å². The Kier molecular flexibility index (Phi) is 7.44. The van der Waals surface area contributed by atoms with Gasteiger partial charge in [-0.2, -0.15) is 23.4 Å². The van der Waals surface area contributed by atoms with Crippen molar-refractivity contribution in [2.45, 2.75) is 44.3 Å². The summed E-state index contributed by atoms with van der Waals surface area (Å²) in [5.74, 6) is 1.30. The molecular weight excluding hydrogens is 451 g/mol. The molecule has 1 N–H and O–H groups in total. The number of anilines is 2. The first-order valence-corrected chi connectivity index (χ1v) is 11.4. The number of halogens is 3. The van der Waals surface area contributed by atoms with Crippen molar-refractivity contribution >= 4 is 17.5 Å². The molecule has 2 fully saturated rings. The Morgan fingerprint density at radius 3 is 2.44 bits per heavy atom. The normalized spacial score (nSPS) is 17.5. The highest BCUT2D eigenvalue weighted by atomic mass is 19.4. The standard InChI is InChI=1S/C22H28F3N7O2/c1-15(30-19-13-29-28-12-18(19)22(23,24)25)14-34-9-4-20(33)31-5-7-32(8-6-31)21-26-10-17(11-27-21)16-2-3-16/h10-13,15-16H,2-9,14H2,1H3,(H,28,30)/t15-/m0/s1. The maximum absolute atomic E-state index is 13.0. The molecule has 1 aliphatic carbocycles. The molecule has 1 aliphatic heterocycles. The number of ether oxygens (including phenoxy) is 1. The Labute approximate surface area is 195 Å². The highest BCUT2D eigenvalue weighted by molar-refractivity contribution is 5.76. The molecule has 9 nitrogen and oxygen atoms in total. The fraction of sp³-hybridized carbons (Fsp3) is 0.591. The highest BCUT2D eigenvalue weighted by Crippen LogP contribution is 2.39. The Balaban J connectivity index is 1.14. The molecule has 34 heavy (non-hydrogen) atoms. The van der Waals surface area contributed by atoms with Crippen molar-refractivity contribution in [1.82, 2.24) is 25.1 Å². The zero-order valence-corrected chi connectivity index (χ0v) is 19.0. The molecule has 4 rings (SSSR count). The summed E-state index contributed by atoms with van der Waals surface area (Å²) in [5.41, 5.74) is 0.159. The van der Waals surface area contributed by atoms with E-state index in [4.69, 9.17) is 4.74 Å². The summed E-state index contributed by atoms with van der Waals surface area (Å²) < 4.78 is 44.7. The molecule has 184 valence electrons. The lowest BCUT2D eigenvalue weighted by Gasteiger charge is -2.34. The number of alkyl halides is 3. The zero-order valence-electron chi connectivity index (χ0n) is 19.0. The molecule has 0 unspecified atom stereocenters. The molecule has 2 aromatic rings. The predicted molar refractivity (Wildman–Crippen MR) is 118 cm³/mol.